The van der Waals surface area contributed by atoms with Crippen molar-refractivity contribution in [2.24, 2.45) is 45.8 Å². The topological polar surface area (TPSA) is 58.9 Å². The van der Waals surface area contributed by atoms with Gasteiger partial charge in [-0.15, -0.1) is 0 Å². The molecule has 8 aliphatic rings. The third kappa shape index (κ3) is 3.40. The van der Waals surface area contributed by atoms with Crippen molar-refractivity contribution in [1.29, 1.82) is 0 Å². The van der Waals surface area contributed by atoms with Crippen LogP contribution >= 0.6 is 0 Å². The summed E-state index contributed by atoms with van der Waals surface area (Å²) in [7, 11) is 0. The van der Waals surface area contributed by atoms with Crippen LogP contribution in [-0.2, 0) is 17.6 Å². The zero-order valence-electron chi connectivity index (χ0n) is 25.7. The lowest BCUT2D eigenvalue weighted by Gasteiger charge is -2.61. The van der Waals surface area contributed by atoms with Gasteiger partial charge in [-0.3, -0.25) is 0 Å². The van der Waals surface area contributed by atoms with Gasteiger partial charge in [0.2, 0.25) is 5.79 Å². The Morgan fingerprint density at radius 3 is 2.15 bits per heavy atom. The highest BCUT2D eigenvalue weighted by molar-refractivity contribution is 5.49. The number of ether oxygens (including phenoxy) is 2. The summed E-state index contributed by atoms with van der Waals surface area (Å²) in [4.78, 5) is 0. The average molecular weight is 561 g/mol. The number of aliphatic hydroxyl groups excluding tert-OH is 2. The molecule has 4 heteroatoms. The summed E-state index contributed by atoms with van der Waals surface area (Å²) in [6.07, 6.45) is 17.3. The molecule has 5 saturated carbocycles. The Bertz CT molecular complexity index is 1260. The van der Waals surface area contributed by atoms with E-state index in [9.17, 15) is 10.2 Å². The van der Waals surface area contributed by atoms with Crippen LogP contribution in [0.15, 0.2) is 12.1 Å². The van der Waals surface area contributed by atoms with E-state index in [4.69, 9.17) is 9.47 Å². The van der Waals surface area contributed by atoms with Gasteiger partial charge in [-0.2, -0.15) is 0 Å². The first-order valence-corrected chi connectivity index (χ1v) is 17.5. The molecule has 0 radical (unpaired) electrons. The Morgan fingerprint density at radius 1 is 0.659 bits per heavy atom. The molecule has 1 aromatic rings. The fourth-order valence-electron chi connectivity index (χ4n) is 13.3. The Labute approximate surface area is 247 Å². The monoisotopic (exact) mass is 560 g/mol. The van der Waals surface area contributed by atoms with Crippen LogP contribution in [0.25, 0.3) is 0 Å². The van der Waals surface area contributed by atoms with Crippen molar-refractivity contribution in [1.82, 2.24) is 0 Å². The average Bonchev–Trinajstić information content (AvgIpc) is 3.57. The van der Waals surface area contributed by atoms with E-state index in [0.717, 1.165) is 62.0 Å². The van der Waals surface area contributed by atoms with E-state index >= 15 is 0 Å². The number of benzene rings is 1. The summed E-state index contributed by atoms with van der Waals surface area (Å²) in [5.74, 6) is 4.86. The molecular weight excluding hydrogens is 508 g/mol. The van der Waals surface area contributed by atoms with E-state index < -0.39 is 5.79 Å². The maximum atomic E-state index is 10.8. The molecule has 6 aliphatic carbocycles. The lowest BCUT2D eigenvalue weighted by molar-refractivity contribution is -0.290. The lowest BCUT2D eigenvalue weighted by Crippen LogP contribution is -2.60. The third-order valence-electron chi connectivity index (χ3n) is 15.7. The molecule has 4 nitrogen and oxygen atoms in total. The van der Waals surface area contributed by atoms with Gasteiger partial charge in [0.05, 0.1) is 18.3 Å². The van der Waals surface area contributed by atoms with Gasteiger partial charge >= 0.3 is 0 Å². The van der Waals surface area contributed by atoms with Crippen molar-refractivity contribution in [3.05, 3.63) is 28.8 Å². The maximum absolute atomic E-state index is 10.8. The first kappa shape index (κ1) is 26.3. The fourth-order valence-corrected chi connectivity index (χ4v) is 13.3. The van der Waals surface area contributed by atoms with Crippen LogP contribution in [0, 0.1) is 45.8 Å². The number of rotatable bonds is 0. The molecule has 41 heavy (non-hydrogen) atoms. The van der Waals surface area contributed by atoms with Crippen LogP contribution in [-0.4, -0.2) is 34.3 Å². The highest BCUT2D eigenvalue weighted by Gasteiger charge is 2.63. The van der Waals surface area contributed by atoms with Crippen molar-refractivity contribution in [3.63, 3.8) is 0 Å². The second-order valence-electron chi connectivity index (χ2n) is 17.1. The van der Waals surface area contributed by atoms with E-state index in [1.165, 1.54) is 68.9 Å². The smallest absolute Gasteiger partial charge is 0.215 e. The first-order chi connectivity index (χ1) is 19.6. The van der Waals surface area contributed by atoms with Crippen molar-refractivity contribution < 1.29 is 19.7 Å². The molecule has 2 aliphatic heterocycles. The second kappa shape index (κ2) is 8.54. The van der Waals surface area contributed by atoms with E-state index in [1.54, 1.807) is 5.56 Å². The molecule has 6 unspecified atom stereocenters. The molecular formula is C37H52O4. The van der Waals surface area contributed by atoms with Gasteiger partial charge in [-0.05, 0) is 152 Å². The number of hydrogen-bond acceptors (Lipinski definition) is 4. The molecule has 2 N–H and O–H groups in total. The standard InChI is InChI=1S/C37H52O4/c1-34-14-12-23-24(27(34)7-9-31(34)38)5-4-21-19-30-22(18-26(21)23)20-37(40-30)17-16-36(3)29-13-15-35(2)28(8-10-32(35)39)25(29)6-11-33(36)41-37/h18-19,23-25,27-29,31-33,38-39H,4-17,20H2,1-3H3/t23?,24?,25?,27?,28?,29?,31-,32-,33-,34-,35-,36+,37-/m0/s1. The largest absolute Gasteiger partial charge is 0.462 e. The zero-order valence-corrected chi connectivity index (χ0v) is 25.7. The summed E-state index contributed by atoms with van der Waals surface area (Å²) >= 11 is 0. The summed E-state index contributed by atoms with van der Waals surface area (Å²) < 4.78 is 14.1. The second-order valence-corrected chi connectivity index (χ2v) is 17.1. The summed E-state index contributed by atoms with van der Waals surface area (Å²) in [5.41, 5.74) is 5.02. The van der Waals surface area contributed by atoms with Crippen LogP contribution < -0.4 is 4.74 Å². The number of hydrogen-bond donors (Lipinski definition) is 2. The van der Waals surface area contributed by atoms with Gasteiger partial charge in [0.15, 0.2) is 0 Å². The molecule has 1 aromatic carbocycles. The Kier molecular flexibility index (Phi) is 5.48. The Morgan fingerprint density at radius 2 is 1.37 bits per heavy atom. The molecule has 6 fully saturated rings. The zero-order chi connectivity index (χ0) is 27.9. The fraction of sp³-hybridized carbons (Fsp3) is 0.838. The van der Waals surface area contributed by atoms with Gasteiger partial charge in [0, 0.05) is 18.4 Å². The minimum Gasteiger partial charge on any atom is -0.462 e. The molecule has 0 amide bonds. The summed E-state index contributed by atoms with van der Waals surface area (Å²) in [6, 6.07) is 4.96. The highest BCUT2D eigenvalue weighted by atomic mass is 16.7. The van der Waals surface area contributed by atoms with E-state index in [0.29, 0.717) is 17.8 Å². The van der Waals surface area contributed by atoms with Crippen molar-refractivity contribution in [3.8, 4) is 5.75 Å². The molecule has 13 atom stereocenters. The number of aliphatic hydroxyl groups is 2. The number of aryl methyl sites for hydroxylation is 1. The van der Waals surface area contributed by atoms with Gasteiger partial charge in [0.25, 0.3) is 0 Å². The minimum atomic E-state index is -0.476. The summed E-state index contributed by atoms with van der Waals surface area (Å²) in [6.45, 7) is 7.32. The van der Waals surface area contributed by atoms with Gasteiger partial charge in [0.1, 0.15) is 5.75 Å². The van der Waals surface area contributed by atoms with Gasteiger partial charge in [-0.25, -0.2) is 0 Å². The third-order valence-corrected chi connectivity index (χ3v) is 15.7. The normalized spacial score (nSPS) is 54.7. The molecule has 0 bridgehead atoms. The number of fused-ring (bicyclic) bond motifs is 11. The van der Waals surface area contributed by atoms with Crippen LogP contribution in [0.2, 0.25) is 0 Å². The van der Waals surface area contributed by atoms with Crippen molar-refractivity contribution >= 4 is 0 Å². The lowest BCUT2D eigenvalue weighted by atomic mass is 9.48. The highest BCUT2D eigenvalue weighted by Crippen LogP contribution is 2.66. The molecule has 1 spiro atoms. The van der Waals surface area contributed by atoms with Gasteiger partial charge < -0.3 is 19.7 Å². The van der Waals surface area contributed by atoms with E-state index in [1.807, 2.05) is 0 Å². The van der Waals surface area contributed by atoms with E-state index in [2.05, 4.69) is 32.9 Å². The first-order valence-electron chi connectivity index (χ1n) is 17.5. The van der Waals surface area contributed by atoms with Crippen molar-refractivity contribution in [2.75, 3.05) is 0 Å². The van der Waals surface area contributed by atoms with Crippen LogP contribution in [0.5, 0.6) is 5.75 Å². The van der Waals surface area contributed by atoms with Crippen LogP contribution in [0.3, 0.4) is 0 Å². The quantitative estimate of drug-likeness (QED) is 0.349. The van der Waals surface area contributed by atoms with Crippen LogP contribution in [0.4, 0.5) is 0 Å². The Balaban J connectivity index is 0.954. The molecule has 9 rings (SSSR count). The Hall–Kier alpha value is -1.10. The maximum Gasteiger partial charge on any atom is 0.215 e. The SMILES string of the molecule is C[C@]12CCC3c4cc5c(cc4CCC3C1CC[C@@H]2O)O[C@]1(CC[C@]2(C)C3CC[C@@]4(C)C(CC[C@@H]4O)C3CC[C@@H]2O1)C5. The molecule has 2 heterocycles. The van der Waals surface area contributed by atoms with E-state index in [-0.39, 0.29) is 34.6 Å². The minimum absolute atomic E-state index is 0.0979. The molecule has 224 valence electrons. The van der Waals surface area contributed by atoms with Crippen LogP contribution in [0.1, 0.15) is 127 Å². The predicted molar refractivity (Wildman–Crippen MR) is 159 cm³/mol. The van der Waals surface area contributed by atoms with Crippen molar-refractivity contribution in [2.45, 2.75) is 147 Å². The predicted octanol–water partition coefficient (Wildman–Crippen LogP) is 7.32. The van der Waals surface area contributed by atoms with Gasteiger partial charge in [-0.1, -0.05) is 26.8 Å². The molecule has 1 saturated heterocycles. The molecule has 0 aromatic heterocycles. The summed E-state index contributed by atoms with van der Waals surface area (Å²) in [5, 5.41) is 21.7.